The van der Waals surface area contributed by atoms with Gasteiger partial charge in [0.15, 0.2) is 11.5 Å². The van der Waals surface area contributed by atoms with Crippen molar-refractivity contribution in [2.24, 2.45) is 0 Å². The Kier molecular flexibility index (Phi) is 8.05. The lowest BCUT2D eigenvalue weighted by Gasteiger charge is -2.34. The zero-order chi connectivity index (χ0) is 25.5. The molecule has 0 radical (unpaired) electrons. The van der Waals surface area contributed by atoms with Crippen molar-refractivity contribution < 1.29 is 14.4 Å². The molecular weight excluding hydrogens is 454 g/mol. The van der Waals surface area contributed by atoms with Crippen LogP contribution in [0.2, 0.25) is 0 Å². The number of amides is 3. The molecule has 1 aromatic heterocycles. The van der Waals surface area contributed by atoms with Gasteiger partial charge in [0.25, 0.3) is 11.8 Å². The molecule has 186 valence electrons. The first kappa shape index (κ1) is 25.0. The molecule has 1 saturated heterocycles. The Morgan fingerprint density at radius 2 is 1.61 bits per heavy atom. The zero-order valence-corrected chi connectivity index (χ0v) is 20.6. The number of hydrogen-bond donors (Lipinski definition) is 2. The Bertz CT molecular complexity index is 1220. The number of aryl methyl sites for hydroxylation is 1. The van der Waals surface area contributed by atoms with Crippen molar-refractivity contribution in [3.8, 4) is 0 Å². The lowest BCUT2D eigenvalue weighted by molar-refractivity contribution is -0.134. The zero-order valence-electron chi connectivity index (χ0n) is 20.6. The van der Waals surface area contributed by atoms with Crippen molar-refractivity contribution in [2.45, 2.75) is 45.1 Å². The van der Waals surface area contributed by atoms with E-state index in [1.54, 1.807) is 12.1 Å². The van der Waals surface area contributed by atoms with Crippen molar-refractivity contribution in [1.29, 1.82) is 0 Å². The normalized spacial score (nSPS) is 14.7. The summed E-state index contributed by atoms with van der Waals surface area (Å²) >= 11 is 0. The van der Waals surface area contributed by atoms with E-state index < -0.39 is 5.91 Å². The Labute approximate surface area is 211 Å². The maximum atomic E-state index is 13.1. The maximum Gasteiger partial charge on any atom is 0.273 e. The average Bonchev–Trinajstić information content (AvgIpc) is 2.90. The number of hydrogen-bond acceptors (Lipinski definition) is 5. The van der Waals surface area contributed by atoms with Crippen LogP contribution in [0.5, 0.6) is 0 Å². The lowest BCUT2D eigenvalue weighted by Crippen LogP contribution is -2.48. The van der Waals surface area contributed by atoms with Crippen LogP contribution in [0.1, 0.15) is 64.1 Å². The molecule has 1 atom stereocenters. The molecule has 0 bridgehead atoms. The maximum absolute atomic E-state index is 13.1. The molecular formula is C28H31N5O3. The van der Waals surface area contributed by atoms with Gasteiger partial charge in [0.2, 0.25) is 5.91 Å². The summed E-state index contributed by atoms with van der Waals surface area (Å²) in [4.78, 5) is 49.1. The first-order chi connectivity index (χ1) is 17.5. The van der Waals surface area contributed by atoms with Gasteiger partial charge >= 0.3 is 0 Å². The van der Waals surface area contributed by atoms with Crippen LogP contribution in [-0.2, 0) is 4.79 Å². The summed E-state index contributed by atoms with van der Waals surface area (Å²) in [5.41, 5.74) is 2.42. The molecule has 1 unspecified atom stereocenters. The van der Waals surface area contributed by atoms with Crippen molar-refractivity contribution >= 4 is 23.5 Å². The molecule has 1 fully saturated rings. The van der Waals surface area contributed by atoms with Crippen molar-refractivity contribution in [1.82, 2.24) is 20.2 Å². The molecule has 0 aliphatic carbocycles. The number of piperidine rings is 1. The predicted octanol–water partition coefficient (Wildman–Crippen LogP) is 3.95. The molecule has 1 aliphatic heterocycles. The summed E-state index contributed by atoms with van der Waals surface area (Å²) < 4.78 is 0. The third kappa shape index (κ3) is 5.76. The van der Waals surface area contributed by atoms with Crippen molar-refractivity contribution in [2.75, 3.05) is 18.4 Å². The number of aromatic nitrogens is 2. The third-order valence-electron chi connectivity index (χ3n) is 6.59. The number of benzene rings is 2. The topological polar surface area (TPSA) is 104 Å². The highest BCUT2D eigenvalue weighted by atomic mass is 16.2. The van der Waals surface area contributed by atoms with Crippen LogP contribution >= 0.6 is 0 Å². The molecule has 8 heteroatoms. The Balaban J connectivity index is 1.36. The molecule has 2 heterocycles. The van der Waals surface area contributed by atoms with Crippen LogP contribution in [0.25, 0.3) is 0 Å². The first-order valence-electron chi connectivity index (χ1n) is 12.3. The lowest BCUT2D eigenvalue weighted by atomic mass is 9.93. The van der Waals surface area contributed by atoms with Gasteiger partial charge in [-0.2, -0.15) is 0 Å². The molecule has 2 N–H and O–H groups in total. The van der Waals surface area contributed by atoms with Gasteiger partial charge in [0, 0.05) is 37.1 Å². The van der Waals surface area contributed by atoms with E-state index in [1.807, 2.05) is 61.2 Å². The quantitative estimate of drug-likeness (QED) is 0.527. The molecule has 36 heavy (non-hydrogen) atoms. The monoisotopic (exact) mass is 485 g/mol. The summed E-state index contributed by atoms with van der Waals surface area (Å²) in [6.07, 6.45) is 4.89. The van der Waals surface area contributed by atoms with Crippen LogP contribution < -0.4 is 10.6 Å². The first-order valence-corrected chi connectivity index (χ1v) is 12.3. The third-order valence-corrected chi connectivity index (χ3v) is 6.59. The number of carbonyl (C=O) groups is 3. The average molecular weight is 486 g/mol. The summed E-state index contributed by atoms with van der Waals surface area (Å²) in [5.74, 6) is -0.661. The Morgan fingerprint density at radius 1 is 0.944 bits per heavy atom. The standard InChI is InChI=1S/C28H31N5O3/c1-3-22(20-10-5-4-6-11-20)28(36)33-17-13-21(14-18-33)31-27(35)24-25(30-16-15-29-24)32-26(34)23-12-8-7-9-19(23)2/h4-12,15-16,21-22H,3,13-14,17-18H2,1-2H3,(H,31,35)(H,30,32,34). The molecule has 4 rings (SSSR count). The Hall–Kier alpha value is -4.07. The van der Waals surface area contributed by atoms with Gasteiger partial charge in [-0.05, 0) is 43.4 Å². The molecule has 0 saturated carbocycles. The second kappa shape index (κ2) is 11.6. The van der Waals surface area contributed by atoms with Gasteiger partial charge in [0.1, 0.15) is 0 Å². The van der Waals surface area contributed by atoms with Crippen LogP contribution in [0, 0.1) is 6.92 Å². The number of nitrogens with zero attached hydrogens (tertiary/aromatic N) is 3. The molecule has 0 spiro atoms. The van der Waals surface area contributed by atoms with Crippen LogP contribution in [0.4, 0.5) is 5.82 Å². The highest BCUT2D eigenvalue weighted by Gasteiger charge is 2.29. The minimum Gasteiger partial charge on any atom is -0.348 e. The van der Waals surface area contributed by atoms with Gasteiger partial charge in [-0.25, -0.2) is 9.97 Å². The van der Waals surface area contributed by atoms with E-state index in [4.69, 9.17) is 0 Å². The smallest absolute Gasteiger partial charge is 0.273 e. The molecule has 1 aliphatic rings. The van der Waals surface area contributed by atoms with E-state index in [2.05, 4.69) is 20.6 Å². The second-order valence-electron chi connectivity index (χ2n) is 8.97. The number of anilines is 1. The van der Waals surface area contributed by atoms with Crippen molar-refractivity contribution in [3.63, 3.8) is 0 Å². The van der Waals surface area contributed by atoms with Gasteiger partial charge in [-0.1, -0.05) is 55.5 Å². The van der Waals surface area contributed by atoms with Crippen molar-refractivity contribution in [3.05, 3.63) is 89.4 Å². The summed E-state index contributed by atoms with van der Waals surface area (Å²) in [6.45, 7) is 5.02. The number of rotatable bonds is 7. The van der Waals surface area contributed by atoms with E-state index in [-0.39, 0.29) is 35.3 Å². The fraction of sp³-hybridized carbons (Fsp3) is 0.321. The SMILES string of the molecule is CCC(C(=O)N1CCC(NC(=O)c2nccnc2NC(=O)c2ccccc2C)CC1)c1ccccc1. The van der Waals surface area contributed by atoms with Gasteiger partial charge in [-0.3, -0.25) is 14.4 Å². The highest BCUT2D eigenvalue weighted by Crippen LogP contribution is 2.24. The molecule has 3 aromatic rings. The molecule has 2 aromatic carbocycles. The summed E-state index contributed by atoms with van der Waals surface area (Å²) in [6, 6.07) is 17.0. The van der Waals surface area contributed by atoms with E-state index in [9.17, 15) is 14.4 Å². The predicted molar refractivity (Wildman–Crippen MR) is 138 cm³/mol. The van der Waals surface area contributed by atoms with E-state index in [0.717, 1.165) is 17.5 Å². The molecule has 8 nitrogen and oxygen atoms in total. The summed E-state index contributed by atoms with van der Waals surface area (Å²) in [5, 5.41) is 5.72. The van der Waals surface area contributed by atoms with E-state index >= 15 is 0 Å². The fourth-order valence-corrected chi connectivity index (χ4v) is 4.55. The Morgan fingerprint density at radius 3 is 2.31 bits per heavy atom. The largest absolute Gasteiger partial charge is 0.348 e. The van der Waals surface area contributed by atoms with Crippen LogP contribution in [0.15, 0.2) is 67.0 Å². The highest BCUT2D eigenvalue weighted by molar-refractivity contribution is 6.08. The molecule has 3 amide bonds. The fourth-order valence-electron chi connectivity index (χ4n) is 4.55. The second-order valence-corrected chi connectivity index (χ2v) is 8.97. The van der Waals surface area contributed by atoms with Gasteiger partial charge in [-0.15, -0.1) is 0 Å². The minimum absolute atomic E-state index is 0.0630. The van der Waals surface area contributed by atoms with E-state index in [0.29, 0.717) is 31.5 Å². The van der Waals surface area contributed by atoms with Crippen LogP contribution in [-0.4, -0.2) is 51.7 Å². The minimum atomic E-state index is -0.399. The number of likely N-dealkylation sites (tertiary alicyclic amines) is 1. The number of carbonyl (C=O) groups excluding carboxylic acids is 3. The van der Waals surface area contributed by atoms with Gasteiger partial charge < -0.3 is 15.5 Å². The van der Waals surface area contributed by atoms with E-state index in [1.165, 1.54) is 12.4 Å². The van der Waals surface area contributed by atoms with Crippen LogP contribution in [0.3, 0.4) is 0 Å². The number of nitrogens with one attached hydrogen (secondary N) is 2. The summed E-state index contributed by atoms with van der Waals surface area (Å²) in [7, 11) is 0. The van der Waals surface area contributed by atoms with Gasteiger partial charge in [0.05, 0.1) is 5.92 Å².